The van der Waals surface area contributed by atoms with Crippen molar-refractivity contribution >= 4 is 12.1 Å². The molecule has 3 aromatic carbocycles. The van der Waals surface area contributed by atoms with E-state index in [0.29, 0.717) is 23.7 Å². The second-order valence-electron chi connectivity index (χ2n) is 6.51. The van der Waals surface area contributed by atoms with Crippen LogP contribution >= 0.6 is 0 Å². The molecule has 0 bridgehead atoms. The van der Waals surface area contributed by atoms with Gasteiger partial charge >= 0.3 is 0 Å². The number of hydrogen-bond donors (Lipinski definition) is 2. The first-order chi connectivity index (χ1) is 14.7. The number of hydrogen-bond acceptors (Lipinski definition) is 5. The van der Waals surface area contributed by atoms with Crippen LogP contribution in [0.15, 0.2) is 77.9 Å². The van der Waals surface area contributed by atoms with E-state index in [4.69, 9.17) is 9.47 Å². The van der Waals surface area contributed by atoms with Crippen LogP contribution in [0.25, 0.3) is 11.1 Å². The number of benzene rings is 3. The summed E-state index contributed by atoms with van der Waals surface area (Å²) in [6, 6.07) is 22.3. The van der Waals surface area contributed by atoms with Crippen LogP contribution in [0.3, 0.4) is 0 Å². The number of para-hydroxylation sites is 1. The Labute approximate surface area is 175 Å². The average molecular weight is 404 g/mol. The van der Waals surface area contributed by atoms with Gasteiger partial charge in [0.2, 0.25) is 0 Å². The molecule has 0 saturated heterocycles. The Morgan fingerprint density at radius 1 is 1.03 bits per heavy atom. The predicted molar refractivity (Wildman–Crippen MR) is 117 cm³/mol. The van der Waals surface area contributed by atoms with Crippen molar-refractivity contribution in [2.45, 2.75) is 13.3 Å². The molecule has 0 aliphatic heterocycles. The monoisotopic (exact) mass is 404 g/mol. The van der Waals surface area contributed by atoms with Crippen molar-refractivity contribution < 1.29 is 19.4 Å². The van der Waals surface area contributed by atoms with Crippen molar-refractivity contribution in [2.24, 2.45) is 5.10 Å². The third-order valence-electron chi connectivity index (χ3n) is 4.20. The highest BCUT2D eigenvalue weighted by Gasteiger charge is 2.08. The number of nitrogens with zero attached hydrogens (tertiary/aromatic N) is 1. The largest absolute Gasteiger partial charge is 0.507 e. The maximum Gasteiger partial charge on any atom is 0.277 e. The first-order valence-corrected chi connectivity index (χ1v) is 9.72. The Hall–Kier alpha value is -3.80. The van der Waals surface area contributed by atoms with E-state index in [9.17, 15) is 9.90 Å². The maximum absolute atomic E-state index is 12.1. The third kappa shape index (κ3) is 5.85. The quantitative estimate of drug-likeness (QED) is 0.410. The van der Waals surface area contributed by atoms with E-state index in [0.717, 1.165) is 17.5 Å². The zero-order valence-electron chi connectivity index (χ0n) is 16.7. The molecule has 0 saturated carbocycles. The Morgan fingerprint density at radius 2 is 1.80 bits per heavy atom. The molecule has 0 spiro atoms. The first-order valence-electron chi connectivity index (χ1n) is 9.72. The zero-order chi connectivity index (χ0) is 21.2. The molecule has 3 aromatic rings. The summed E-state index contributed by atoms with van der Waals surface area (Å²) in [5.41, 5.74) is 4.78. The zero-order valence-corrected chi connectivity index (χ0v) is 16.7. The molecule has 30 heavy (non-hydrogen) atoms. The number of hydrazone groups is 1. The molecule has 0 radical (unpaired) electrons. The Kier molecular flexibility index (Phi) is 7.44. The number of ether oxygens (including phenoxy) is 2. The average Bonchev–Trinajstić information content (AvgIpc) is 2.78. The van der Waals surface area contributed by atoms with Crippen molar-refractivity contribution in [2.75, 3.05) is 13.2 Å². The van der Waals surface area contributed by atoms with Crippen LogP contribution in [0.2, 0.25) is 0 Å². The summed E-state index contributed by atoms with van der Waals surface area (Å²) in [7, 11) is 0. The lowest BCUT2D eigenvalue weighted by atomic mass is 10.1. The molecular weight excluding hydrogens is 380 g/mol. The number of phenols is 1. The van der Waals surface area contributed by atoms with E-state index in [1.54, 1.807) is 12.1 Å². The second-order valence-corrected chi connectivity index (χ2v) is 6.51. The second kappa shape index (κ2) is 10.7. The predicted octanol–water partition coefficient (Wildman–Crippen LogP) is 4.38. The Morgan fingerprint density at radius 3 is 2.57 bits per heavy atom. The van der Waals surface area contributed by atoms with Crippen LogP contribution < -0.4 is 14.9 Å². The molecular formula is C24H24N2O4. The first kappa shape index (κ1) is 20.9. The fourth-order valence-electron chi connectivity index (χ4n) is 2.74. The van der Waals surface area contributed by atoms with Crippen molar-refractivity contribution in [3.63, 3.8) is 0 Å². The van der Waals surface area contributed by atoms with Gasteiger partial charge in [0.05, 0.1) is 12.8 Å². The minimum atomic E-state index is -0.406. The van der Waals surface area contributed by atoms with Gasteiger partial charge in [-0.05, 0) is 30.2 Å². The maximum atomic E-state index is 12.1. The van der Waals surface area contributed by atoms with E-state index < -0.39 is 5.91 Å². The van der Waals surface area contributed by atoms with Gasteiger partial charge in [0.25, 0.3) is 5.91 Å². The molecule has 1 amide bonds. The van der Waals surface area contributed by atoms with Gasteiger partial charge in [-0.25, -0.2) is 5.43 Å². The van der Waals surface area contributed by atoms with E-state index in [2.05, 4.69) is 10.5 Å². The molecule has 0 atom stereocenters. The third-order valence-corrected chi connectivity index (χ3v) is 4.20. The van der Waals surface area contributed by atoms with Gasteiger partial charge in [-0.2, -0.15) is 5.10 Å². The minimum absolute atomic E-state index is 0.0228. The summed E-state index contributed by atoms with van der Waals surface area (Å²) in [5.74, 6) is 0.815. The summed E-state index contributed by atoms with van der Waals surface area (Å²) in [6.07, 6.45) is 2.25. The lowest BCUT2D eigenvalue weighted by Crippen LogP contribution is -2.24. The van der Waals surface area contributed by atoms with Crippen LogP contribution in [0.4, 0.5) is 0 Å². The van der Waals surface area contributed by atoms with Crippen molar-refractivity contribution in [1.82, 2.24) is 5.43 Å². The summed E-state index contributed by atoms with van der Waals surface area (Å²) in [5, 5.41) is 13.9. The molecule has 154 valence electrons. The summed E-state index contributed by atoms with van der Waals surface area (Å²) in [6.45, 7) is 2.40. The van der Waals surface area contributed by atoms with Gasteiger partial charge in [0.1, 0.15) is 17.2 Å². The van der Waals surface area contributed by atoms with Crippen LogP contribution in [0, 0.1) is 0 Å². The van der Waals surface area contributed by atoms with Crippen LogP contribution in [0.1, 0.15) is 18.9 Å². The number of nitrogens with one attached hydrogen (secondary N) is 1. The standard InChI is InChI=1S/C24H24N2O4/c1-2-14-29-20-13-12-19(22(27)15-20)16-25-26-24(28)17-30-23-11-7-6-10-21(23)18-8-4-3-5-9-18/h3-13,15-16,27H,2,14,17H2,1H3,(H,26,28)/b25-16+. The summed E-state index contributed by atoms with van der Waals surface area (Å²) in [4.78, 5) is 12.1. The normalized spacial score (nSPS) is 10.7. The molecule has 0 unspecified atom stereocenters. The Bertz CT molecular complexity index is 1000. The SMILES string of the molecule is CCCOc1ccc(/C=N/NC(=O)COc2ccccc2-c2ccccc2)c(O)c1. The molecule has 2 N–H and O–H groups in total. The van der Waals surface area contributed by atoms with Crippen molar-refractivity contribution in [3.05, 3.63) is 78.4 Å². The van der Waals surface area contributed by atoms with Gasteiger partial charge in [-0.1, -0.05) is 55.5 Å². The fourth-order valence-corrected chi connectivity index (χ4v) is 2.74. The number of aromatic hydroxyl groups is 1. The highest BCUT2D eigenvalue weighted by Crippen LogP contribution is 2.29. The molecule has 3 rings (SSSR count). The summed E-state index contributed by atoms with van der Waals surface area (Å²) >= 11 is 0. The topological polar surface area (TPSA) is 80.2 Å². The Balaban J connectivity index is 1.55. The van der Waals surface area contributed by atoms with E-state index >= 15 is 0 Å². The molecule has 0 aliphatic carbocycles. The highest BCUT2D eigenvalue weighted by molar-refractivity contribution is 5.85. The molecule has 0 aromatic heterocycles. The smallest absolute Gasteiger partial charge is 0.277 e. The number of phenolic OH excluding ortho intramolecular Hbond substituents is 1. The van der Waals surface area contributed by atoms with Crippen molar-refractivity contribution in [1.29, 1.82) is 0 Å². The lowest BCUT2D eigenvalue weighted by Gasteiger charge is -2.11. The van der Waals surface area contributed by atoms with Crippen LogP contribution in [0.5, 0.6) is 17.2 Å². The van der Waals surface area contributed by atoms with Crippen LogP contribution in [-0.4, -0.2) is 30.4 Å². The number of rotatable bonds is 9. The van der Waals surface area contributed by atoms with Crippen LogP contribution in [-0.2, 0) is 4.79 Å². The van der Waals surface area contributed by atoms with Gasteiger partial charge in [-0.15, -0.1) is 0 Å². The summed E-state index contributed by atoms with van der Waals surface area (Å²) < 4.78 is 11.1. The number of carbonyl (C=O) groups excluding carboxylic acids is 1. The molecule has 0 fully saturated rings. The number of carbonyl (C=O) groups is 1. The van der Waals surface area contributed by atoms with Gasteiger partial charge < -0.3 is 14.6 Å². The minimum Gasteiger partial charge on any atom is -0.507 e. The van der Waals surface area contributed by atoms with Gasteiger partial charge in [-0.3, -0.25) is 4.79 Å². The van der Waals surface area contributed by atoms with E-state index in [-0.39, 0.29) is 12.4 Å². The van der Waals surface area contributed by atoms with E-state index in [1.165, 1.54) is 12.3 Å². The number of amides is 1. The lowest BCUT2D eigenvalue weighted by molar-refractivity contribution is -0.123. The van der Waals surface area contributed by atoms with Crippen molar-refractivity contribution in [3.8, 4) is 28.4 Å². The van der Waals surface area contributed by atoms with E-state index in [1.807, 2.05) is 61.5 Å². The fraction of sp³-hybridized carbons (Fsp3) is 0.167. The highest BCUT2D eigenvalue weighted by atomic mass is 16.5. The molecule has 6 heteroatoms. The molecule has 6 nitrogen and oxygen atoms in total. The van der Waals surface area contributed by atoms with Gasteiger partial charge in [0, 0.05) is 17.2 Å². The molecule has 0 aliphatic rings. The molecule has 0 heterocycles. The van der Waals surface area contributed by atoms with Gasteiger partial charge in [0.15, 0.2) is 6.61 Å².